The molecule has 0 atom stereocenters. The third kappa shape index (κ3) is 6.11. The van der Waals surface area contributed by atoms with E-state index in [1.165, 1.54) is 17.0 Å². The van der Waals surface area contributed by atoms with Crippen LogP contribution in [0.3, 0.4) is 0 Å². The SMILES string of the molecule is CCOc1cc(/C=C2/SC(=O)N(CCCOC)C2=O)cc(Br)c1OCc1cccc(F)c1. The van der Waals surface area contributed by atoms with Gasteiger partial charge in [0.1, 0.15) is 12.4 Å². The van der Waals surface area contributed by atoms with E-state index in [2.05, 4.69) is 15.9 Å². The topological polar surface area (TPSA) is 65.1 Å². The number of ether oxygens (including phenoxy) is 3. The van der Waals surface area contributed by atoms with Crippen LogP contribution < -0.4 is 9.47 Å². The molecule has 1 saturated heterocycles. The number of hydrogen-bond acceptors (Lipinski definition) is 6. The van der Waals surface area contributed by atoms with Crippen LogP contribution in [0.4, 0.5) is 9.18 Å². The maximum absolute atomic E-state index is 13.4. The largest absolute Gasteiger partial charge is 0.490 e. The molecule has 9 heteroatoms. The van der Waals surface area contributed by atoms with E-state index in [9.17, 15) is 14.0 Å². The predicted molar refractivity (Wildman–Crippen MR) is 125 cm³/mol. The molecule has 1 heterocycles. The monoisotopic (exact) mass is 523 g/mol. The summed E-state index contributed by atoms with van der Waals surface area (Å²) >= 11 is 4.40. The van der Waals surface area contributed by atoms with Crippen LogP contribution in [0, 0.1) is 5.82 Å². The number of amides is 2. The van der Waals surface area contributed by atoms with Crippen LogP contribution in [-0.4, -0.2) is 42.9 Å². The van der Waals surface area contributed by atoms with Crippen LogP contribution in [0.15, 0.2) is 45.8 Å². The maximum atomic E-state index is 13.4. The standard InChI is InChI=1S/C23H23BrFNO5S/c1-3-30-19-12-16(13-20-22(27)26(23(28)32-20)8-5-9-29-2)11-18(24)21(19)31-14-15-6-4-7-17(25)10-15/h4,6-7,10-13H,3,5,8-9,14H2,1-2H3/b20-13+. The molecule has 0 radical (unpaired) electrons. The van der Waals surface area contributed by atoms with Gasteiger partial charge in [0.15, 0.2) is 11.5 Å². The second-order valence-electron chi connectivity index (χ2n) is 6.86. The zero-order valence-electron chi connectivity index (χ0n) is 17.7. The van der Waals surface area contributed by atoms with Crippen LogP contribution in [0.5, 0.6) is 11.5 Å². The number of methoxy groups -OCH3 is 1. The summed E-state index contributed by atoms with van der Waals surface area (Å²) in [6.07, 6.45) is 2.24. The average Bonchev–Trinajstić information content (AvgIpc) is 3.01. The van der Waals surface area contributed by atoms with Crippen molar-refractivity contribution >= 4 is 44.9 Å². The van der Waals surface area contributed by atoms with E-state index >= 15 is 0 Å². The van der Waals surface area contributed by atoms with Gasteiger partial charge in [-0.3, -0.25) is 14.5 Å². The summed E-state index contributed by atoms with van der Waals surface area (Å²) in [5, 5.41) is -0.295. The first-order chi connectivity index (χ1) is 15.4. The number of benzene rings is 2. The van der Waals surface area contributed by atoms with Crippen LogP contribution in [0.1, 0.15) is 24.5 Å². The van der Waals surface area contributed by atoms with E-state index in [1.54, 1.807) is 37.5 Å². The molecule has 3 rings (SSSR count). The van der Waals surface area contributed by atoms with Gasteiger partial charge < -0.3 is 14.2 Å². The van der Waals surface area contributed by atoms with Crippen LogP contribution in [-0.2, 0) is 16.1 Å². The Balaban J connectivity index is 1.80. The first-order valence-corrected chi connectivity index (χ1v) is 11.6. The number of rotatable bonds is 10. The van der Waals surface area contributed by atoms with Gasteiger partial charge >= 0.3 is 0 Å². The highest BCUT2D eigenvalue weighted by atomic mass is 79.9. The van der Waals surface area contributed by atoms with Crippen molar-refractivity contribution in [1.29, 1.82) is 0 Å². The molecule has 2 amide bonds. The van der Waals surface area contributed by atoms with E-state index in [-0.39, 0.29) is 23.6 Å². The van der Waals surface area contributed by atoms with Crippen LogP contribution in [0.2, 0.25) is 0 Å². The Morgan fingerprint density at radius 3 is 2.72 bits per heavy atom. The Morgan fingerprint density at radius 2 is 2.00 bits per heavy atom. The molecule has 0 N–H and O–H groups in total. The van der Waals surface area contributed by atoms with Crippen LogP contribution in [0.25, 0.3) is 6.08 Å². The minimum Gasteiger partial charge on any atom is -0.490 e. The van der Waals surface area contributed by atoms with E-state index in [0.29, 0.717) is 58.2 Å². The molecule has 0 aliphatic carbocycles. The lowest BCUT2D eigenvalue weighted by Gasteiger charge is -2.15. The molecule has 1 aliphatic rings. The zero-order valence-corrected chi connectivity index (χ0v) is 20.1. The number of halogens is 2. The lowest BCUT2D eigenvalue weighted by molar-refractivity contribution is -0.122. The number of hydrogen-bond donors (Lipinski definition) is 0. The van der Waals surface area contributed by atoms with Crippen molar-refractivity contribution < 1.29 is 28.2 Å². The molecule has 0 saturated carbocycles. The molecule has 0 aromatic heterocycles. The Labute approximate surface area is 198 Å². The highest BCUT2D eigenvalue weighted by Gasteiger charge is 2.34. The summed E-state index contributed by atoms with van der Waals surface area (Å²) in [5.74, 6) is 0.295. The summed E-state index contributed by atoms with van der Waals surface area (Å²) in [4.78, 5) is 26.4. The van der Waals surface area contributed by atoms with Gasteiger partial charge in [-0.05, 0) is 82.5 Å². The highest BCUT2D eigenvalue weighted by Crippen LogP contribution is 2.39. The number of thioether (sulfide) groups is 1. The summed E-state index contributed by atoms with van der Waals surface area (Å²) < 4.78 is 30.7. The molecular formula is C23H23BrFNO5S. The fraction of sp³-hybridized carbons (Fsp3) is 0.304. The van der Waals surface area contributed by atoms with E-state index in [1.807, 2.05) is 6.92 Å². The van der Waals surface area contributed by atoms with Gasteiger partial charge in [-0.1, -0.05) is 12.1 Å². The van der Waals surface area contributed by atoms with Crippen molar-refractivity contribution in [1.82, 2.24) is 4.90 Å². The van der Waals surface area contributed by atoms with Gasteiger partial charge in [-0.2, -0.15) is 0 Å². The zero-order chi connectivity index (χ0) is 23.1. The molecule has 0 bridgehead atoms. The average molecular weight is 524 g/mol. The van der Waals surface area contributed by atoms with Gasteiger partial charge in [0.05, 0.1) is 16.0 Å². The molecule has 1 fully saturated rings. The van der Waals surface area contributed by atoms with Gasteiger partial charge in [0, 0.05) is 20.3 Å². The van der Waals surface area contributed by atoms with Gasteiger partial charge in [-0.15, -0.1) is 0 Å². The molecule has 2 aromatic carbocycles. The van der Waals surface area contributed by atoms with Crippen LogP contribution >= 0.6 is 27.7 Å². The molecule has 2 aromatic rings. The van der Waals surface area contributed by atoms with E-state index < -0.39 is 0 Å². The number of imide groups is 1. The van der Waals surface area contributed by atoms with Crippen molar-refractivity contribution in [2.45, 2.75) is 20.0 Å². The first-order valence-electron chi connectivity index (χ1n) is 10.0. The van der Waals surface area contributed by atoms with Gasteiger partial charge in [0.2, 0.25) is 0 Å². The second-order valence-corrected chi connectivity index (χ2v) is 8.71. The number of carbonyl (C=O) groups excluding carboxylic acids is 2. The summed E-state index contributed by atoms with van der Waals surface area (Å²) in [5.41, 5.74) is 1.37. The normalized spacial score (nSPS) is 15.0. The van der Waals surface area contributed by atoms with Crippen molar-refractivity contribution in [3.05, 3.63) is 62.7 Å². The molecular weight excluding hydrogens is 501 g/mol. The van der Waals surface area contributed by atoms with Crippen molar-refractivity contribution in [3.63, 3.8) is 0 Å². The van der Waals surface area contributed by atoms with E-state index in [4.69, 9.17) is 14.2 Å². The Morgan fingerprint density at radius 1 is 1.19 bits per heavy atom. The third-order valence-corrected chi connectivity index (χ3v) is 6.00. The lowest BCUT2D eigenvalue weighted by Crippen LogP contribution is -2.29. The molecule has 32 heavy (non-hydrogen) atoms. The quantitative estimate of drug-likeness (QED) is 0.296. The molecule has 1 aliphatic heterocycles. The van der Waals surface area contributed by atoms with Crippen molar-refractivity contribution in [2.24, 2.45) is 0 Å². The van der Waals surface area contributed by atoms with Gasteiger partial charge in [-0.25, -0.2) is 4.39 Å². The fourth-order valence-corrected chi connectivity index (χ4v) is 4.51. The summed E-state index contributed by atoms with van der Waals surface area (Å²) in [7, 11) is 1.58. The molecule has 6 nitrogen and oxygen atoms in total. The number of carbonyl (C=O) groups is 2. The predicted octanol–water partition coefficient (Wildman–Crippen LogP) is 5.64. The minimum absolute atomic E-state index is 0.163. The van der Waals surface area contributed by atoms with Crippen molar-refractivity contribution in [2.75, 3.05) is 26.9 Å². The second kappa shape index (κ2) is 11.5. The molecule has 170 valence electrons. The third-order valence-electron chi connectivity index (χ3n) is 4.51. The van der Waals surface area contributed by atoms with Crippen molar-refractivity contribution in [3.8, 4) is 11.5 Å². The van der Waals surface area contributed by atoms with Gasteiger partial charge in [0.25, 0.3) is 11.1 Å². The van der Waals surface area contributed by atoms with E-state index in [0.717, 1.165) is 11.8 Å². The fourth-order valence-electron chi connectivity index (χ4n) is 3.07. The minimum atomic E-state index is -0.332. The Kier molecular flexibility index (Phi) is 8.72. The molecule has 0 unspecified atom stereocenters. The smallest absolute Gasteiger partial charge is 0.293 e. The molecule has 0 spiro atoms. The Hall–Kier alpha value is -2.36. The highest BCUT2D eigenvalue weighted by molar-refractivity contribution is 9.10. The summed E-state index contributed by atoms with van der Waals surface area (Å²) in [6.45, 7) is 3.21. The Bertz CT molecular complexity index is 1030. The lowest BCUT2D eigenvalue weighted by atomic mass is 10.1. The number of nitrogens with zero attached hydrogens (tertiary/aromatic N) is 1. The first kappa shape index (κ1) is 24.3. The maximum Gasteiger partial charge on any atom is 0.293 e. The summed E-state index contributed by atoms with van der Waals surface area (Å²) in [6, 6.07) is 9.70.